The molecule has 136 valence electrons. The Kier molecular flexibility index (Phi) is 5.67. The number of nitrogens with zero attached hydrogens (tertiary/aromatic N) is 1. The first-order valence-electron chi connectivity index (χ1n) is 8.70. The van der Waals surface area contributed by atoms with Crippen LogP contribution in [0.5, 0.6) is 0 Å². The van der Waals surface area contributed by atoms with Crippen molar-refractivity contribution in [2.24, 2.45) is 0 Å². The number of benzene rings is 1. The monoisotopic (exact) mass is 369 g/mol. The second-order valence-corrected chi connectivity index (χ2v) is 7.40. The van der Waals surface area contributed by atoms with Crippen molar-refractivity contribution in [3.8, 4) is 0 Å². The third-order valence-corrected chi connectivity index (χ3v) is 5.31. The van der Waals surface area contributed by atoms with Crippen LogP contribution in [-0.2, 0) is 9.53 Å². The molecule has 2 aromatic rings. The lowest BCUT2D eigenvalue weighted by Gasteiger charge is -2.07. The van der Waals surface area contributed by atoms with Gasteiger partial charge in [0.15, 0.2) is 6.61 Å². The van der Waals surface area contributed by atoms with Crippen LogP contribution in [0.25, 0.3) is 6.08 Å². The minimum atomic E-state index is -0.511. The van der Waals surface area contributed by atoms with Gasteiger partial charge in [0, 0.05) is 34.0 Å². The van der Waals surface area contributed by atoms with E-state index in [2.05, 4.69) is 4.57 Å². The standard InChI is InChI=1S/C21H23NO3S/c1-14-12-19(15(2)22(14)17-7-8-17)20(23)13-25-21(24)11-6-16-4-9-18(26-3)10-5-16/h4-6,9-12,17H,7-8,13H2,1-3H3/b11-6+. The van der Waals surface area contributed by atoms with Crippen molar-refractivity contribution in [2.75, 3.05) is 12.9 Å². The van der Waals surface area contributed by atoms with Crippen LogP contribution in [0.2, 0.25) is 0 Å². The molecule has 0 bridgehead atoms. The molecule has 1 heterocycles. The van der Waals surface area contributed by atoms with E-state index in [1.165, 1.54) is 23.8 Å². The zero-order chi connectivity index (χ0) is 18.7. The van der Waals surface area contributed by atoms with Gasteiger partial charge in [0.2, 0.25) is 5.78 Å². The topological polar surface area (TPSA) is 48.3 Å². The molecule has 1 aliphatic rings. The molecule has 0 unspecified atom stereocenters. The second kappa shape index (κ2) is 7.96. The summed E-state index contributed by atoms with van der Waals surface area (Å²) < 4.78 is 7.33. The van der Waals surface area contributed by atoms with Crippen molar-refractivity contribution in [1.82, 2.24) is 4.57 Å². The first-order chi connectivity index (χ1) is 12.5. The zero-order valence-corrected chi connectivity index (χ0v) is 16.1. The van der Waals surface area contributed by atoms with Gasteiger partial charge < -0.3 is 9.30 Å². The molecule has 1 aliphatic carbocycles. The summed E-state index contributed by atoms with van der Waals surface area (Å²) in [6, 6.07) is 10.3. The minimum Gasteiger partial charge on any atom is -0.454 e. The highest BCUT2D eigenvalue weighted by Crippen LogP contribution is 2.38. The predicted molar refractivity (Wildman–Crippen MR) is 105 cm³/mol. The highest BCUT2D eigenvalue weighted by atomic mass is 32.2. The number of ether oxygens (including phenoxy) is 1. The lowest BCUT2D eigenvalue weighted by molar-refractivity contribution is -0.136. The number of Topliss-reactive ketones (excluding diaryl/α,β-unsaturated/α-hetero) is 1. The number of hydrogen-bond acceptors (Lipinski definition) is 4. The van der Waals surface area contributed by atoms with Crippen LogP contribution in [0, 0.1) is 13.8 Å². The summed E-state index contributed by atoms with van der Waals surface area (Å²) in [5, 5.41) is 0. The first kappa shape index (κ1) is 18.5. The van der Waals surface area contributed by atoms with Gasteiger partial charge in [-0.25, -0.2) is 4.79 Å². The van der Waals surface area contributed by atoms with Gasteiger partial charge >= 0.3 is 5.97 Å². The maximum Gasteiger partial charge on any atom is 0.331 e. The first-order valence-corrected chi connectivity index (χ1v) is 9.92. The van der Waals surface area contributed by atoms with Gasteiger partial charge in [-0.1, -0.05) is 12.1 Å². The van der Waals surface area contributed by atoms with Crippen molar-refractivity contribution in [3.63, 3.8) is 0 Å². The maximum atomic E-state index is 12.4. The van der Waals surface area contributed by atoms with Crippen LogP contribution in [0.4, 0.5) is 0 Å². The third-order valence-electron chi connectivity index (χ3n) is 4.57. The summed E-state index contributed by atoms with van der Waals surface area (Å²) in [5.41, 5.74) is 3.63. The molecule has 0 saturated heterocycles. The molecule has 1 fully saturated rings. The molecule has 0 radical (unpaired) electrons. The summed E-state index contributed by atoms with van der Waals surface area (Å²) in [6.45, 7) is 3.74. The highest BCUT2D eigenvalue weighted by Gasteiger charge is 2.28. The minimum absolute atomic E-state index is 0.156. The summed E-state index contributed by atoms with van der Waals surface area (Å²) in [5.74, 6) is -0.667. The van der Waals surface area contributed by atoms with Crippen molar-refractivity contribution in [1.29, 1.82) is 0 Å². The molecule has 26 heavy (non-hydrogen) atoms. The van der Waals surface area contributed by atoms with Gasteiger partial charge in [-0.15, -0.1) is 11.8 Å². The molecule has 0 spiro atoms. The number of rotatable bonds is 7. The van der Waals surface area contributed by atoms with Crippen LogP contribution in [0.15, 0.2) is 41.3 Å². The lowest BCUT2D eigenvalue weighted by Crippen LogP contribution is -2.13. The molecule has 1 aromatic heterocycles. The zero-order valence-electron chi connectivity index (χ0n) is 15.3. The van der Waals surface area contributed by atoms with E-state index in [0.29, 0.717) is 11.6 Å². The molecule has 4 nitrogen and oxygen atoms in total. The van der Waals surface area contributed by atoms with Gasteiger partial charge in [-0.05, 0) is 62.8 Å². The SMILES string of the molecule is CSc1ccc(/C=C/C(=O)OCC(=O)c2cc(C)n(C3CC3)c2C)cc1. The molecular weight excluding hydrogens is 346 g/mol. The Morgan fingerprint density at radius 3 is 2.54 bits per heavy atom. The Morgan fingerprint density at radius 2 is 1.92 bits per heavy atom. The Morgan fingerprint density at radius 1 is 1.23 bits per heavy atom. The summed E-state index contributed by atoms with van der Waals surface area (Å²) in [6.07, 6.45) is 7.40. The molecule has 0 N–H and O–H groups in total. The van der Waals surface area contributed by atoms with Crippen molar-refractivity contribution in [3.05, 3.63) is 58.9 Å². The number of aryl methyl sites for hydroxylation is 1. The Labute approximate surface area is 158 Å². The van der Waals surface area contributed by atoms with Crippen LogP contribution in [-0.4, -0.2) is 29.2 Å². The number of aromatic nitrogens is 1. The van der Waals surface area contributed by atoms with E-state index in [9.17, 15) is 9.59 Å². The van der Waals surface area contributed by atoms with E-state index >= 15 is 0 Å². The molecule has 0 amide bonds. The fraction of sp³-hybridized carbons (Fsp3) is 0.333. The van der Waals surface area contributed by atoms with Crippen LogP contribution < -0.4 is 0 Å². The molecular formula is C21H23NO3S. The Bertz CT molecular complexity index is 845. The second-order valence-electron chi connectivity index (χ2n) is 6.52. The molecule has 0 atom stereocenters. The third kappa shape index (κ3) is 4.28. The van der Waals surface area contributed by atoms with Gasteiger partial charge in [0.1, 0.15) is 0 Å². The summed E-state index contributed by atoms with van der Waals surface area (Å²) >= 11 is 1.67. The van der Waals surface area contributed by atoms with E-state index in [-0.39, 0.29) is 12.4 Å². The Hall–Kier alpha value is -2.27. The van der Waals surface area contributed by atoms with Gasteiger partial charge in [-0.3, -0.25) is 4.79 Å². The molecule has 3 rings (SSSR count). The van der Waals surface area contributed by atoms with Gasteiger partial charge in [-0.2, -0.15) is 0 Å². The fourth-order valence-electron chi connectivity index (χ4n) is 3.10. The maximum absolute atomic E-state index is 12.4. The van der Waals surface area contributed by atoms with E-state index in [4.69, 9.17) is 4.74 Å². The number of thioether (sulfide) groups is 1. The molecule has 0 aliphatic heterocycles. The number of carbonyl (C=O) groups excluding carboxylic acids is 2. The number of carbonyl (C=O) groups is 2. The highest BCUT2D eigenvalue weighted by molar-refractivity contribution is 7.98. The number of hydrogen-bond donors (Lipinski definition) is 0. The molecule has 1 aromatic carbocycles. The van der Waals surface area contributed by atoms with Crippen LogP contribution in [0.3, 0.4) is 0 Å². The van der Waals surface area contributed by atoms with Crippen molar-refractivity contribution >= 4 is 29.6 Å². The molecule has 1 saturated carbocycles. The van der Waals surface area contributed by atoms with Gasteiger partial charge in [0.25, 0.3) is 0 Å². The van der Waals surface area contributed by atoms with E-state index < -0.39 is 5.97 Å². The fourth-order valence-corrected chi connectivity index (χ4v) is 3.50. The predicted octanol–water partition coefficient (Wildman–Crippen LogP) is 4.60. The van der Waals surface area contributed by atoms with Gasteiger partial charge in [0.05, 0.1) is 0 Å². The van der Waals surface area contributed by atoms with Crippen molar-refractivity contribution < 1.29 is 14.3 Å². The average Bonchev–Trinajstić information content (AvgIpc) is 3.43. The number of ketones is 1. The Balaban J connectivity index is 1.56. The summed E-state index contributed by atoms with van der Waals surface area (Å²) in [7, 11) is 0. The van der Waals surface area contributed by atoms with Crippen LogP contribution >= 0.6 is 11.8 Å². The van der Waals surface area contributed by atoms with E-state index in [1.807, 2.05) is 50.4 Å². The van der Waals surface area contributed by atoms with Crippen molar-refractivity contribution in [2.45, 2.75) is 37.6 Å². The smallest absolute Gasteiger partial charge is 0.331 e. The van der Waals surface area contributed by atoms with Crippen LogP contribution in [0.1, 0.15) is 46.2 Å². The average molecular weight is 369 g/mol. The lowest BCUT2D eigenvalue weighted by atomic mass is 10.1. The quantitative estimate of drug-likeness (QED) is 0.310. The number of esters is 1. The largest absolute Gasteiger partial charge is 0.454 e. The van der Waals surface area contributed by atoms with E-state index in [0.717, 1.165) is 17.0 Å². The normalized spacial score (nSPS) is 14.0. The van der Waals surface area contributed by atoms with E-state index in [1.54, 1.807) is 17.8 Å². The summed E-state index contributed by atoms with van der Waals surface area (Å²) in [4.78, 5) is 25.5. The molecule has 5 heteroatoms.